The van der Waals surface area contributed by atoms with Crippen molar-refractivity contribution in [3.05, 3.63) is 94.9 Å². The van der Waals surface area contributed by atoms with Crippen molar-refractivity contribution < 1.29 is 13.9 Å². The average Bonchev–Trinajstić information content (AvgIpc) is 3.58. The van der Waals surface area contributed by atoms with Gasteiger partial charge in [-0.25, -0.2) is 0 Å². The first-order valence-corrected chi connectivity index (χ1v) is 11.6. The highest BCUT2D eigenvalue weighted by atomic mass is 79.9. The normalized spacial score (nSPS) is 19.1. The molecule has 0 radical (unpaired) electrons. The van der Waals surface area contributed by atoms with Gasteiger partial charge in [0.15, 0.2) is 16.6 Å². The molecule has 2 aliphatic rings. The van der Waals surface area contributed by atoms with E-state index < -0.39 is 0 Å². The number of nitrogens with one attached hydrogen (secondary N) is 1. The van der Waals surface area contributed by atoms with E-state index in [1.807, 2.05) is 72.8 Å². The summed E-state index contributed by atoms with van der Waals surface area (Å²) < 4.78 is 18.5. The second kappa shape index (κ2) is 8.20. The fourth-order valence-corrected chi connectivity index (χ4v) is 4.85. The molecule has 4 aromatic rings. The van der Waals surface area contributed by atoms with Gasteiger partial charge in [-0.3, -0.25) is 4.98 Å². The first kappa shape index (κ1) is 20.3. The molecule has 2 unspecified atom stereocenters. The van der Waals surface area contributed by atoms with E-state index in [2.05, 4.69) is 31.1 Å². The van der Waals surface area contributed by atoms with Crippen molar-refractivity contribution in [2.45, 2.75) is 12.1 Å². The van der Waals surface area contributed by atoms with Gasteiger partial charge in [-0.2, -0.15) is 0 Å². The number of pyridine rings is 1. The van der Waals surface area contributed by atoms with E-state index in [0.29, 0.717) is 10.9 Å². The number of nitrogens with zero attached hydrogens (tertiary/aromatic N) is 2. The Morgan fingerprint density at radius 1 is 0.970 bits per heavy atom. The van der Waals surface area contributed by atoms with Crippen LogP contribution in [0, 0.1) is 0 Å². The van der Waals surface area contributed by atoms with Crippen molar-refractivity contribution in [2.75, 3.05) is 11.7 Å². The number of ether oxygens (including phenoxy) is 2. The van der Waals surface area contributed by atoms with Gasteiger partial charge in [-0.05, 0) is 60.7 Å². The number of halogens is 1. The van der Waals surface area contributed by atoms with Gasteiger partial charge >= 0.3 is 0 Å². The molecule has 164 valence electrons. The second-order valence-electron chi connectivity index (χ2n) is 7.74. The first-order chi connectivity index (χ1) is 16.2. The Labute approximate surface area is 204 Å². The Hall–Kier alpha value is -3.36. The highest BCUT2D eigenvalue weighted by molar-refractivity contribution is 9.10. The summed E-state index contributed by atoms with van der Waals surface area (Å²) in [5.74, 6) is 3.00. The molecule has 1 fully saturated rings. The van der Waals surface area contributed by atoms with Crippen LogP contribution in [0.4, 0.5) is 5.69 Å². The minimum Gasteiger partial charge on any atom is -0.459 e. The van der Waals surface area contributed by atoms with E-state index in [-0.39, 0.29) is 18.9 Å². The number of thiocarbonyl (C=S) groups is 1. The van der Waals surface area contributed by atoms with Gasteiger partial charge in [0.1, 0.15) is 17.6 Å². The van der Waals surface area contributed by atoms with Gasteiger partial charge in [0.2, 0.25) is 6.79 Å². The Bertz CT molecular complexity index is 1330. The van der Waals surface area contributed by atoms with Crippen LogP contribution in [-0.2, 0) is 0 Å². The van der Waals surface area contributed by atoms with E-state index in [9.17, 15) is 0 Å². The Morgan fingerprint density at radius 2 is 1.82 bits per heavy atom. The standard InChI is InChI=1S/C25H18BrN3O3S/c26-16-6-4-15(5-7-16)19-10-11-21(32-19)24-23(18-3-1-2-12-27-18)28-25(33)29(24)17-8-9-20-22(13-17)31-14-30-20/h1-13,23-24H,14H2,(H,28,33). The summed E-state index contributed by atoms with van der Waals surface area (Å²) in [6, 6.07) is 23.3. The van der Waals surface area contributed by atoms with Crippen molar-refractivity contribution in [3.63, 3.8) is 0 Å². The van der Waals surface area contributed by atoms with Gasteiger partial charge in [-0.15, -0.1) is 0 Å². The fourth-order valence-electron chi connectivity index (χ4n) is 4.24. The Kier molecular flexibility index (Phi) is 5.04. The van der Waals surface area contributed by atoms with Crippen LogP contribution in [0.15, 0.2) is 87.9 Å². The van der Waals surface area contributed by atoms with Crippen LogP contribution < -0.4 is 19.7 Å². The molecule has 1 N–H and O–H groups in total. The van der Waals surface area contributed by atoms with Crippen molar-refractivity contribution in [1.29, 1.82) is 0 Å². The summed E-state index contributed by atoms with van der Waals surface area (Å²) in [6.45, 7) is 0.218. The van der Waals surface area contributed by atoms with Gasteiger partial charge in [0, 0.05) is 28.0 Å². The van der Waals surface area contributed by atoms with Crippen LogP contribution in [-0.4, -0.2) is 16.9 Å². The van der Waals surface area contributed by atoms with Crippen molar-refractivity contribution in [2.24, 2.45) is 0 Å². The van der Waals surface area contributed by atoms with Crippen molar-refractivity contribution >= 4 is 38.9 Å². The molecule has 2 atom stereocenters. The molecule has 6 nitrogen and oxygen atoms in total. The molecule has 2 aliphatic heterocycles. The number of anilines is 1. The van der Waals surface area contributed by atoms with E-state index in [4.69, 9.17) is 26.1 Å². The maximum absolute atomic E-state index is 6.40. The highest BCUT2D eigenvalue weighted by Gasteiger charge is 2.43. The minimum atomic E-state index is -0.239. The average molecular weight is 520 g/mol. The Balaban J connectivity index is 1.44. The summed E-state index contributed by atoms with van der Waals surface area (Å²) in [6.07, 6.45) is 1.79. The number of hydrogen-bond acceptors (Lipinski definition) is 5. The van der Waals surface area contributed by atoms with Gasteiger partial charge in [-0.1, -0.05) is 34.1 Å². The number of fused-ring (bicyclic) bond motifs is 1. The molecule has 2 aromatic heterocycles. The summed E-state index contributed by atoms with van der Waals surface area (Å²) in [5.41, 5.74) is 2.78. The number of benzene rings is 2. The third-order valence-corrected chi connectivity index (χ3v) is 6.62. The SMILES string of the molecule is S=C1NC(c2ccccn2)C(c2ccc(-c3ccc(Br)cc3)o2)N1c1ccc2c(c1)OCO2. The quantitative estimate of drug-likeness (QED) is 0.331. The minimum absolute atomic E-state index is 0.187. The lowest BCUT2D eigenvalue weighted by Gasteiger charge is -2.26. The van der Waals surface area contributed by atoms with Crippen LogP contribution in [0.5, 0.6) is 11.5 Å². The van der Waals surface area contributed by atoms with E-state index in [1.165, 1.54) is 0 Å². The molecule has 8 heteroatoms. The number of furan rings is 1. The van der Waals surface area contributed by atoms with Crippen molar-refractivity contribution in [1.82, 2.24) is 10.3 Å². The molecule has 4 heterocycles. The zero-order valence-electron chi connectivity index (χ0n) is 17.3. The highest BCUT2D eigenvalue weighted by Crippen LogP contribution is 2.45. The van der Waals surface area contributed by atoms with E-state index in [1.54, 1.807) is 6.20 Å². The lowest BCUT2D eigenvalue weighted by molar-refractivity contribution is 0.174. The predicted octanol–water partition coefficient (Wildman–Crippen LogP) is 6.01. The summed E-state index contributed by atoms with van der Waals surface area (Å²) in [5, 5.41) is 4.04. The zero-order chi connectivity index (χ0) is 22.4. The third-order valence-electron chi connectivity index (χ3n) is 5.78. The smallest absolute Gasteiger partial charge is 0.231 e. The summed E-state index contributed by atoms with van der Waals surface area (Å²) in [7, 11) is 0. The van der Waals surface area contributed by atoms with E-state index in [0.717, 1.165) is 38.7 Å². The lowest BCUT2D eigenvalue weighted by atomic mass is 10.0. The first-order valence-electron chi connectivity index (χ1n) is 10.4. The molecule has 0 aliphatic carbocycles. The van der Waals surface area contributed by atoms with E-state index >= 15 is 0 Å². The van der Waals surface area contributed by atoms with Crippen LogP contribution in [0.3, 0.4) is 0 Å². The number of hydrogen-bond donors (Lipinski definition) is 1. The van der Waals surface area contributed by atoms with Crippen LogP contribution >= 0.6 is 28.1 Å². The number of rotatable bonds is 4. The molecule has 1 saturated heterocycles. The molecule has 0 saturated carbocycles. The Morgan fingerprint density at radius 3 is 2.64 bits per heavy atom. The molecular weight excluding hydrogens is 502 g/mol. The molecule has 0 amide bonds. The van der Waals surface area contributed by atoms with Crippen LogP contribution in [0.25, 0.3) is 11.3 Å². The third kappa shape index (κ3) is 3.65. The fraction of sp³-hybridized carbons (Fsp3) is 0.120. The predicted molar refractivity (Wildman–Crippen MR) is 132 cm³/mol. The van der Waals surface area contributed by atoms with Crippen LogP contribution in [0.2, 0.25) is 0 Å². The molecule has 2 aromatic carbocycles. The van der Waals surface area contributed by atoms with Gasteiger partial charge in [0.25, 0.3) is 0 Å². The maximum atomic E-state index is 6.40. The maximum Gasteiger partial charge on any atom is 0.231 e. The topological polar surface area (TPSA) is 59.8 Å². The lowest BCUT2D eigenvalue weighted by Crippen LogP contribution is -2.29. The van der Waals surface area contributed by atoms with Crippen molar-refractivity contribution in [3.8, 4) is 22.8 Å². The summed E-state index contributed by atoms with van der Waals surface area (Å²) in [4.78, 5) is 6.65. The molecular formula is C25H18BrN3O3S. The zero-order valence-corrected chi connectivity index (χ0v) is 19.7. The molecule has 6 rings (SSSR count). The second-order valence-corrected chi connectivity index (χ2v) is 9.05. The van der Waals surface area contributed by atoms with Gasteiger partial charge in [0.05, 0.1) is 11.7 Å². The molecule has 0 spiro atoms. The molecule has 33 heavy (non-hydrogen) atoms. The van der Waals surface area contributed by atoms with Crippen LogP contribution in [0.1, 0.15) is 23.5 Å². The molecule has 0 bridgehead atoms. The monoisotopic (exact) mass is 519 g/mol. The number of aromatic nitrogens is 1. The largest absolute Gasteiger partial charge is 0.459 e. The summed E-state index contributed by atoms with van der Waals surface area (Å²) >= 11 is 9.27. The van der Waals surface area contributed by atoms with Gasteiger partial charge < -0.3 is 24.1 Å².